The van der Waals surface area contributed by atoms with Crippen LogP contribution in [-0.4, -0.2) is 26.8 Å². The molecule has 3 aromatic rings. The van der Waals surface area contributed by atoms with Crippen molar-refractivity contribution in [2.45, 2.75) is 0 Å². The maximum atomic E-state index is 4.03. The number of tetrazole rings is 1. The van der Waals surface area contributed by atoms with Gasteiger partial charge >= 0.3 is 0 Å². The summed E-state index contributed by atoms with van der Waals surface area (Å²) in [5.41, 5.74) is 3.68. The lowest BCUT2D eigenvalue weighted by molar-refractivity contribution is 0.881. The zero-order valence-corrected chi connectivity index (χ0v) is 9.41. The van der Waals surface area contributed by atoms with Crippen molar-refractivity contribution in [3.63, 3.8) is 0 Å². The van der Waals surface area contributed by atoms with Gasteiger partial charge in [-0.25, -0.2) is 5.43 Å². The number of H-pyrrole nitrogens is 1. The lowest BCUT2D eigenvalue weighted by atomic mass is 10.1. The number of benzene rings is 2. The number of nitrogens with zero attached hydrogens (tertiary/aromatic N) is 4. The smallest absolute Gasteiger partial charge is 0.243 e. The number of hydrogen-bond acceptors (Lipinski definition) is 5. The van der Waals surface area contributed by atoms with E-state index in [4.69, 9.17) is 0 Å². The predicted molar refractivity (Wildman–Crippen MR) is 69.3 cm³/mol. The topological polar surface area (TPSA) is 78.9 Å². The highest BCUT2D eigenvalue weighted by molar-refractivity contribution is 5.90. The molecular weight excluding hydrogens is 228 g/mol. The minimum absolute atomic E-state index is 0.340. The van der Waals surface area contributed by atoms with E-state index in [1.165, 1.54) is 10.8 Å². The van der Waals surface area contributed by atoms with Crippen LogP contribution in [0.2, 0.25) is 0 Å². The highest BCUT2D eigenvalue weighted by Gasteiger charge is 1.94. The molecule has 3 rings (SSSR count). The molecule has 0 atom stereocenters. The summed E-state index contributed by atoms with van der Waals surface area (Å²) in [4.78, 5) is 0. The molecule has 6 nitrogen and oxygen atoms in total. The van der Waals surface area contributed by atoms with Crippen molar-refractivity contribution < 1.29 is 0 Å². The Hall–Kier alpha value is -2.76. The van der Waals surface area contributed by atoms with Gasteiger partial charge in [0.25, 0.3) is 5.95 Å². The Kier molecular flexibility index (Phi) is 2.67. The van der Waals surface area contributed by atoms with E-state index in [1.54, 1.807) is 6.21 Å². The fraction of sp³-hybridized carbons (Fsp3) is 0. The lowest BCUT2D eigenvalue weighted by Crippen LogP contribution is -1.92. The number of rotatable bonds is 3. The molecule has 18 heavy (non-hydrogen) atoms. The van der Waals surface area contributed by atoms with Crippen LogP contribution in [-0.2, 0) is 0 Å². The molecule has 6 heteroatoms. The van der Waals surface area contributed by atoms with E-state index >= 15 is 0 Å². The zero-order chi connectivity index (χ0) is 12.2. The number of nitrogens with one attached hydrogen (secondary N) is 2. The Labute approximate surface area is 103 Å². The maximum Gasteiger partial charge on any atom is 0.283 e. The van der Waals surface area contributed by atoms with Gasteiger partial charge in [-0.15, -0.1) is 5.10 Å². The van der Waals surface area contributed by atoms with Crippen molar-refractivity contribution in [3.8, 4) is 0 Å². The quantitative estimate of drug-likeness (QED) is 0.538. The number of anilines is 1. The van der Waals surface area contributed by atoms with Gasteiger partial charge < -0.3 is 0 Å². The second-order valence-corrected chi connectivity index (χ2v) is 3.71. The first-order valence-electron chi connectivity index (χ1n) is 5.43. The molecule has 0 fully saturated rings. The molecule has 2 aromatic carbocycles. The van der Waals surface area contributed by atoms with Crippen LogP contribution < -0.4 is 5.43 Å². The van der Waals surface area contributed by atoms with Crippen LogP contribution in [0.4, 0.5) is 5.95 Å². The van der Waals surface area contributed by atoms with Gasteiger partial charge in [0, 0.05) is 0 Å². The second kappa shape index (κ2) is 4.62. The molecule has 0 aliphatic heterocycles. The van der Waals surface area contributed by atoms with Crippen LogP contribution in [0.3, 0.4) is 0 Å². The van der Waals surface area contributed by atoms with Crippen molar-refractivity contribution >= 4 is 22.9 Å². The first-order chi connectivity index (χ1) is 8.92. The first kappa shape index (κ1) is 10.4. The van der Waals surface area contributed by atoms with Gasteiger partial charge in [0.15, 0.2) is 0 Å². The van der Waals surface area contributed by atoms with E-state index < -0.39 is 0 Å². The van der Waals surface area contributed by atoms with Crippen LogP contribution in [0.5, 0.6) is 0 Å². The minimum Gasteiger partial charge on any atom is -0.243 e. The van der Waals surface area contributed by atoms with Crippen LogP contribution in [0.1, 0.15) is 5.56 Å². The second-order valence-electron chi connectivity index (χ2n) is 3.71. The van der Waals surface area contributed by atoms with Gasteiger partial charge in [-0.05, 0) is 27.6 Å². The molecule has 2 N–H and O–H groups in total. The van der Waals surface area contributed by atoms with E-state index in [0.717, 1.165) is 5.56 Å². The lowest BCUT2D eigenvalue weighted by Gasteiger charge is -1.98. The molecule has 0 amide bonds. The fourth-order valence-electron chi connectivity index (χ4n) is 1.66. The number of aromatic amines is 1. The SMILES string of the molecule is C(=NNc1nn[nH]n1)c1ccc2ccccc2c1. The molecule has 0 saturated heterocycles. The largest absolute Gasteiger partial charge is 0.283 e. The van der Waals surface area contributed by atoms with Crippen molar-refractivity contribution in [2.75, 3.05) is 5.43 Å². The van der Waals surface area contributed by atoms with E-state index in [1.807, 2.05) is 18.2 Å². The summed E-state index contributed by atoms with van der Waals surface area (Å²) in [5.74, 6) is 0.340. The summed E-state index contributed by atoms with van der Waals surface area (Å²) in [6, 6.07) is 14.3. The monoisotopic (exact) mass is 238 g/mol. The molecule has 0 aliphatic carbocycles. The van der Waals surface area contributed by atoms with Crippen molar-refractivity contribution in [1.29, 1.82) is 0 Å². The Morgan fingerprint density at radius 3 is 2.83 bits per heavy atom. The summed E-state index contributed by atoms with van der Waals surface area (Å²) >= 11 is 0. The molecule has 0 aliphatic rings. The maximum absolute atomic E-state index is 4.03. The molecule has 1 aromatic heterocycles. The summed E-state index contributed by atoms with van der Waals surface area (Å²) in [6.07, 6.45) is 1.71. The Morgan fingerprint density at radius 1 is 1.11 bits per heavy atom. The Morgan fingerprint density at radius 2 is 2.00 bits per heavy atom. The van der Waals surface area contributed by atoms with Crippen LogP contribution in [0, 0.1) is 0 Å². The summed E-state index contributed by atoms with van der Waals surface area (Å²) < 4.78 is 0. The van der Waals surface area contributed by atoms with Crippen molar-refractivity contribution in [2.24, 2.45) is 5.10 Å². The van der Waals surface area contributed by atoms with Crippen LogP contribution in [0.15, 0.2) is 47.6 Å². The zero-order valence-electron chi connectivity index (χ0n) is 9.41. The highest BCUT2D eigenvalue weighted by atomic mass is 15.5. The van der Waals surface area contributed by atoms with Gasteiger partial charge in [-0.1, -0.05) is 41.5 Å². The summed E-state index contributed by atoms with van der Waals surface area (Å²) in [6.45, 7) is 0. The Bertz CT molecular complexity index is 674. The van der Waals surface area contributed by atoms with E-state index in [9.17, 15) is 0 Å². The molecular formula is C12H10N6. The summed E-state index contributed by atoms with van der Waals surface area (Å²) in [5, 5.41) is 19.6. The standard InChI is InChI=1S/C12H10N6/c1-2-4-11-7-9(5-6-10(11)3-1)8-13-14-12-15-17-18-16-12/h1-8H,(H2,14,15,16,17,18). The third-order valence-corrected chi connectivity index (χ3v) is 2.50. The normalized spacial score (nSPS) is 11.1. The van der Waals surface area contributed by atoms with E-state index in [0.29, 0.717) is 5.95 Å². The Balaban J connectivity index is 1.80. The molecule has 0 saturated carbocycles. The molecule has 0 radical (unpaired) electrons. The average molecular weight is 238 g/mol. The van der Waals surface area contributed by atoms with Gasteiger partial charge in [-0.2, -0.15) is 10.3 Å². The van der Waals surface area contributed by atoms with Gasteiger partial charge in [0.05, 0.1) is 6.21 Å². The minimum atomic E-state index is 0.340. The van der Waals surface area contributed by atoms with Crippen LogP contribution >= 0.6 is 0 Å². The van der Waals surface area contributed by atoms with Crippen molar-refractivity contribution in [1.82, 2.24) is 20.6 Å². The van der Waals surface area contributed by atoms with Crippen molar-refractivity contribution in [3.05, 3.63) is 48.0 Å². The number of hydrazone groups is 1. The predicted octanol–water partition coefficient (Wildman–Crippen LogP) is 1.80. The molecule has 1 heterocycles. The first-order valence-corrected chi connectivity index (χ1v) is 5.43. The average Bonchev–Trinajstić information content (AvgIpc) is 2.92. The highest BCUT2D eigenvalue weighted by Crippen LogP contribution is 2.14. The van der Waals surface area contributed by atoms with Gasteiger partial charge in [0.1, 0.15) is 0 Å². The fourth-order valence-corrected chi connectivity index (χ4v) is 1.66. The number of hydrogen-bond donors (Lipinski definition) is 2. The third kappa shape index (κ3) is 2.17. The van der Waals surface area contributed by atoms with E-state index in [-0.39, 0.29) is 0 Å². The summed E-state index contributed by atoms with van der Waals surface area (Å²) in [7, 11) is 0. The van der Waals surface area contributed by atoms with Gasteiger partial charge in [-0.3, -0.25) is 0 Å². The molecule has 0 spiro atoms. The molecule has 0 bridgehead atoms. The van der Waals surface area contributed by atoms with E-state index in [2.05, 4.69) is 55.4 Å². The number of fused-ring (bicyclic) bond motifs is 1. The van der Waals surface area contributed by atoms with Gasteiger partial charge in [0.2, 0.25) is 0 Å². The number of aromatic nitrogens is 4. The van der Waals surface area contributed by atoms with Crippen LogP contribution in [0.25, 0.3) is 10.8 Å². The third-order valence-electron chi connectivity index (χ3n) is 2.50. The molecule has 0 unspecified atom stereocenters. The molecule has 88 valence electrons.